The van der Waals surface area contributed by atoms with Crippen molar-refractivity contribution in [1.82, 2.24) is 9.97 Å². The molecule has 2 N–H and O–H groups in total. The third-order valence-corrected chi connectivity index (χ3v) is 4.06. The van der Waals surface area contributed by atoms with E-state index in [0.29, 0.717) is 27.5 Å². The molecule has 0 unspecified atom stereocenters. The van der Waals surface area contributed by atoms with Gasteiger partial charge in [-0.3, -0.25) is 0 Å². The van der Waals surface area contributed by atoms with Gasteiger partial charge in [-0.05, 0) is 41.1 Å². The Morgan fingerprint density at radius 1 is 1.21 bits per heavy atom. The molecular weight excluding hydrogens is 351 g/mol. The van der Waals surface area contributed by atoms with E-state index in [1.165, 1.54) is 0 Å². The largest absolute Gasteiger partial charge is 0.354 e. The molecule has 0 bridgehead atoms. The van der Waals surface area contributed by atoms with Crippen molar-refractivity contribution in [2.75, 3.05) is 17.2 Å². The number of anilines is 3. The molecule has 2 aromatic rings. The molecule has 0 spiro atoms. The van der Waals surface area contributed by atoms with E-state index in [-0.39, 0.29) is 0 Å². The predicted molar refractivity (Wildman–Crippen MR) is 83.6 cm³/mol. The van der Waals surface area contributed by atoms with Crippen molar-refractivity contribution in [3.05, 3.63) is 38.9 Å². The molecule has 1 heterocycles. The van der Waals surface area contributed by atoms with Crippen molar-refractivity contribution in [2.24, 2.45) is 0 Å². The molecule has 0 radical (unpaired) electrons. The zero-order valence-corrected chi connectivity index (χ0v) is 13.1. The smallest absolute Gasteiger partial charge is 0.224 e. The highest BCUT2D eigenvalue weighted by molar-refractivity contribution is 9.10. The SMILES string of the molecule is CCNc1nccc(Nc2ccc(Br)c(Cl)c2Cl)n1. The molecule has 4 nitrogen and oxygen atoms in total. The number of nitrogens with one attached hydrogen (secondary N) is 2. The minimum Gasteiger partial charge on any atom is -0.354 e. The first-order valence-corrected chi connectivity index (χ1v) is 7.14. The van der Waals surface area contributed by atoms with Crippen LogP contribution in [0.5, 0.6) is 0 Å². The predicted octanol–water partition coefficient (Wildman–Crippen LogP) is 4.72. The van der Waals surface area contributed by atoms with Crippen LogP contribution in [0.1, 0.15) is 6.92 Å². The Kier molecular flexibility index (Phi) is 4.85. The van der Waals surface area contributed by atoms with Gasteiger partial charge in [0.15, 0.2) is 0 Å². The average molecular weight is 362 g/mol. The number of rotatable bonds is 4. The van der Waals surface area contributed by atoms with Crippen LogP contribution in [-0.2, 0) is 0 Å². The van der Waals surface area contributed by atoms with E-state index < -0.39 is 0 Å². The third kappa shape index (κ3) is 3.49. The maximum absolute atomic E-state index is 6.17. The molecule has 0 aliphatic rings. The van der Waals surface area contributed by atoms with Gasteiger partial charge in [-0.1, -0.05) is 23.2 Å². The Hall–Kier alpha value is -1.04. The molecule has 1 aromatic carbocycles. The van der Waals surface area contributed by atoms with Gasteiger partial charge in [0.2, 0.25) is 5.95 Å². The summed E-state index contributed by atoms with van der Waals surface area (Å²) in [6, 6.07) is 5.41. The molecule has 0 saturated carbocycles. The Bertz CT molecular complexity index is 592. The summed E-state index contributed by atoms with van der Waals surface area (Å²) >= 11 is 15.5. The molecule has 0 amide bonds. The van der Waals surface area contributed by atoms with E-state index in [4.69, 9.17) is 23.2 Å². The molecule has 0 aliphatic carbocycles. The van der Waals surface area contributed by atoms with Gasteiger partial charge in [0, 0.05) is 17.2 Å². The quantitative estimate of drug-likeness (QED) is 0.773. The summed E-state index contributed by atoms with van der Waals surface area (Å²) in [5.74, 6) is 1.21. The van der Waals surface area contributed by atoms with E-state index in [0.717, 1.165) is 11.0 Å². The average Bonchev–Trinajstić information content (AvgIpc) is 2.40. The minimum atomic E-state index is 0.444. The molecular formula is C12H11BrCl2N4. The Morgan fingerprint density at radius 2 is 2.00 bits per heavy atom. The molecule has 7 heteroatoms. The fourth-order valence-corrected chi connectivity index (χ4v) is 2.25. The van der Waals surface area contributed by atoms with Crippen molar-refractivity contribution < 1.29 is 0 Å². The van der Waals surface area contributed by atoms with E-state index in [9.17, 15) is 0 Å². The summed E-state index contributed by atoms with van der Waals surface area (Å²) in [6.45, 7) is 2.74. The maximum Gasteiger partial charge on any atom is 0.224 e. The molecule has 19 heavy (non-hydrogen) atoms. The van der Waals surface area contributed by atoms with Gasteiger partial charge >= 0.3 is 0 Å². The Labute approximate surface area is 129 Å². The van der Waals surface area contributed by atoms with Gasteiger partial charge in [-0.15, -0.1) is 0 Å². The fourth-order valence-electron chi connectivity index (χ4n) is 1.43. The number of nitrogens with zero attached hydrogens (tertiary/aromatic N) is 2. The van der Waals surface area contributed by atoms with Crippen LogP contribution < -0.4 is 10.6 Å². The Morgan fingerprint density at radius 3 is 2.74 bits per heavy atom. The fraction of sp³-hybridized carbons (Fsp3) is 0.167. The highest BCUT2D eigenvalue weighted by atomic mass is 79.9. The number of halogens is 3. The molecule has 0 fully saturated rings. The van der Waals surface area contributed by atoms with E-state index in [1.54, 1.807) is 12.3 Å². The standard InChI is InChI=1S/C12H11BrCl2N4/c1-2-16-12-17-6-5-9(19-12)18-8-4-3-7(13)10(14)11(8)15/h3-6H,2H2,1H3,(H2,16,17,18,19). The van der Waals surface area contributed by atoms with Gasteiger partial charge in [-0.25, -0.2) is 4.98 Å². The molecule has 1 aromatic heterocycles. The number of hydrogen-bond acceptors (Lipinski definition) is 4. The molecule has 0 aliphatic heterocycles. The van der Waals surface area contributed by atoms with Crippen molar-refractivity contribution in [1.29, 1.82) is 0 Å². The second-order valence-electron chi connectivity index (χ2n) is 3.64. The molecule has 0 saturated heterocycles. The molecule has 2 rings (SSSR count). The van der Waals surface area contributed by atoms with Gasteiger partial charge in [-0.2, -0.15) is 4.98 Å². The summed E-state index contributed by atoms with van der Waals surface area (Å²) in [5, 5.41) is 7.06. The normalized spacial score (nSPS) is 10.3. The highest BCUT2D eigenvalue weighted by Crippen LogP contribution is 2.36. The van der Waals surface area contributed by atoms with E-state index >= 15 is 0 Å². The highest BCUT2D eigenvalue weighted by Gasteiger charge is 2.09. The van der Waals surface area contributed by atoms with Crippen LogP contribution in [0, 0.1) is 0 Å². The van der Waals surface area contributed by atoms with Gasteiger partial charge in [0.25, 0.3) is 0 Å². The van der Waals surface area contributed by atoms with Crippen LogP contribution in [0.2, 0.25) is 10.0 Å². The summed E-state index contributed by atoms with van der Waals surface area (Å²) in [6.07, 6.45) is 1.67. The maximum atomic E-state index is 6.17. The van der Waals surface area contributed by atoms with Crippen LogP contribution >= 0.6 is 39.1 Å². The van der Waals surface area contributed by atoms with Crippen molar-refractivity contribution >= 4 is 56.6 Å². The lowest BCUT2D eigenvalue weighted by molar-refractivity contribution is 1.09. The summed E-state index contributed by atoms with van der Waals surface area (Å²) in [4.78, 5) is 8.40. The lowest BCUT2D eigenvalue weighted by atomic mass is 10.3. The first-order chi connectivity index (χ1) is 9.11. The van der Waals surface area contributed by atoms with Gasteiger partial charge < -0.3 is 10.6 Å². The zero-order chi connectivity index (χ0) is 13.8. The zero-order valence-electron chi connectivity index (χ0n) is 10.0. The molecule has 100 valence electrons. The second-order valence-corrected chi connectivity index (χ2v) is 5.25. The minimum absolute atomic E-state index is 0.444. The van der Waals surface area contributed by atoms with Crippen molar-refractivity contribution in [3.8, 4) is 0 Å². The van der Waals surface area contributed by atoms with Crippen LogP contribution in [0.25, 0.3) is 0 Å². The lowest BCUT2D eigenvalue weighted by Crippen LogP contribution is -2.03. The van der Waals surface area contributed by atoms with E-state index in [1.807, 2.05) is 19.1 Å². The lowest BCUT2D eigenvalue weighted by Gasteiger charge is -2.10. The molecule has 0 atom stereocenters. The summed E-state index contributed by atoms with van der Waals surface area (Å²) in [7, 11) is 0. The van der Waals surface area contributed by atoms with Crippen molar-refractivity contribution in [3.63, 3.8) is 0 Å². The van der Waals surface area contributed by atoms with Crippen LogP contribution in [-0.4, -0.2) is 16.5 Å². The topological polar surface area (TPSA) is 49.8 Å². The van der Waals surface area contributed by atoms with Crippen LogP contribution in [0.4, 0.5) is 17.5 Å². The first kappa shape index (κ1) is 14.4. The number of hydrogen-bond donors (Lipinski definition) is 2. The third-order valence-electron chi connectivity index (χ3n) is 2.29. The Balaban J connectivity index is 2.26. The number of aromatic nitrogens is 2. The first-order valence-electron chi connectivity index (χ1n) is 5.59. The van der Waals surface area contributed by atoms with Crippen molar-refractivity contribution in [2.45, 2.75) is 6.92 Å². The van der Waals surface area contributed by atoms with E-state index in [2.05, 4.69) is 36.5 Å². The van der Waals surface area contributed by atoms with Crippen LogP contribution in [0.15, 0.2) is 28.9 Å². The summed E-state index contributed by atoms with van der Waals surface area (Å²) < 4.78 is 0.751. The van der Waals surface area contributed by atoms with Crippen LogP contribution in [0.3, 0.4) is 0 Å². The van der Waals surface area contributed by atoms with Gasteiger partial charge in [0.05, 0.1) is 15.7 Å². The second kappa shape index (κ2) is 6.41. The van der Waals surface area contributed by atoms with Gasteiger partial charge in [0.1, 0.15) is 5.82 Å². The summed E-state index contributed by atoms with van der Waals surface area (Å²) in [5.41, 5.74) is 0.691. The number of benzene rings is 1. The monoisotopic (exact) mass is 360 g/mol.